The van der Waals surface area contributed by atoms with Gasteiger partial charge in [0.25, 0.3) is 11.8 Å². The number of hydrogen-bond acceptors (Lipinski definition) is 3. The smallest absolute Gasteiger partial charge is 0.320 e. The minimum absolute atomic E-state index is 0.0873. The van der Waals surface area contributed by atoms with Crippen molar-refractivity contribution in [2.24, 2.45) is 0 Å². The van der Waals surface area contributed by atoms with Crippen LogP contribution in [0, 0.1) is 5.82 Å². The Kier molecular flexibility index (Phi) is 5.26. The monoisotopic (exact) mass is 534 g/mol. The van der Waals surface area contributed by atoms with Gasteiger partial charge in [0.2, 0.25) is 0 Å². The second-order valence-corrected chi connectivity index (χ2v) is 10.4. The number of nitrogens with zero attached hydrogens (tertiary/aromatic N) is 5. The van der Waals surface area contributed by atoms with Crippen molar-refractivity contribution in [2.45, 2.75) is 31.9 Å². The highest BCUT2D eigenvalue weighted by Gasteiger charge is 2.39. The molecule has 1 N–H and O–H groups in total. The van der Waals surface area contributed by atoms with Crippen molar-refractivity contribution in [3.05, 3.63) is 71.6 Å². The number of carbonyl (C=O) groups is 2. The minimum atomic E-state index is -2.90. The van der Waals surface area contributed by atoms with Gasteiger partial charge < -0.3 is 19.7 Å². The fraction of sp³-hybridized carbons (Fsp3) is 0.321. The molecule has 3 aliphatic rings. The predicted molar refractivity (Wildman–Crippen MR) is 138 cm³/mol. The number of piperidine rings is 1. The zero-order valence-corrected chi connectivity index (χ0v) is 21.0. The molecule has 1 fully saturated rings. The third-order valence-electron chi connectivity index (χ3n) is 7.87. The van der Waals surface area contributed by atoms with Crippen molar-refractivity contribution in [2.75, 3.05) is 26.2 Å². The molecular weight excluding hydrogens is 509 g/mol. The Morgan fingerprint density at radius 1 is 1.10 bits per heavy atom. The van der Waals surface area contributed by atoms with Crippen molar-refractivity contribution in [1.29, 1.82) is 0 Å². The van der Waals surface area contributed by atoms with E-state index < -0.39 is 24.3 Å². The fourth-order valence-corrected chi connectivity index (χ4v) is 6.13. The lowest BCUT2D eigenvalue weighted by atomic mass is 9.98. The summed E-state index contributed by atoms with van der Waals surface area (Å²) < 4.78 is 46.9. The number of rotatable bonds is 2. The summed E-state index contributed by atoms with van der Waals surface area (Å²) in [7, 11) is 0. The van der Waals surface area contributed by atoms with Crippen molar-refractivity contribution < 1.29 is 22.8 Å². The maximum atomic E-state index is 15.0. The number of urea groups is 1. The molecule has 3 aromatic heterocycles. The molecule has 1 aromatic carbocycles. The number of benzene rings is 1. The van der Waals surface area contributed by atoms with Gasteiger partial charge in [0.05, 0.1) is 29.5 Å². The van der Waals surface area contributed by atoms with Crippen LogP contribution in [0.15, 0.2) is 48.9 Å². The van der Waals surface area contributed by atoms with Crippen molar-refractivity contribution in [3.63, 3.8) is 0 Å². The number of imidazole rings is 1. The molecule has 6 heterocycles. The van der Waals surface area contributed by atoms with Gasteiger partial charge in [-0.25, -0.2) is 22.9 Å². The van der Waals surface area contributed by atoms with Gasteiger partial charge >= 0.3 is 6.03 Å². The van der Waals surface area contributed by atoms with E-state index in [-0.39, 0.29) is 38.4 Å². The number of carbonyl (C=O) groups excluding carboxylic acids is 2. The van der Waals surface area contributed by atoms with Crippen LogP contribution in [0.3, 0.4) is 0 Å². The predicted octanol–water partition coefficient (Wildman–Crippen LogP) is 4.14. The first-order valence-corrected chi connectivity index (χ1v) is 13.0. The van der Waals surface area contributed by atoms with Crippen LogP contribution in [0.5, 0.6) is 0 Å². The normalized spacial score (nSPS) is 19.2. The number of likely N-dealkylation sites (tertiary alicyclic amines) is 1. The molecule has 8 nitrogen and oxygen atoms in total. The Labute approximate surface area is 221 Å². The van der Waals surface area contributed by atoms with Gasteiger partial charge in [0.15, 0.2) is 0 Å². The first kappa shape index (κ1) is 23.8. The summed E-state index contributed by atoms with van der Waals surface area (Å²) >= 11 is 0. The first-order chi connectivity index (χ1) is 18.8. The van der Waals surface area contributed by atoms with Crippen molar-refractivity contribution in [3.8, 4) is 0 Å². The van der Waals surface area contributed by atoms with Crippen molar-refractivity contribution >= 4 is 39.6 Å². The molecule has 11 heteroatoms. The van der Waals surface area contributed by atoms with Crippen LogP contribution in [-0.2, 0) is 17.9 Å². The zero-order valence-electron chi connectivity index (χ0n) is 21.0. The van der Waals surface area contributed by atoms with Crippen LogP contribution in [-0.4, -0.2) is 67.8 Å². The quantitative estimate of drug-likeness (QED) is 0.420. The van der Waals surface area contributed by atoms with Crippen LogP contribution in [0.25, 0.3) is 27.7 Å². The Morgan fingerprint density at radius 2 is 1.97 bits per heavy atom. The molecule has 0 unspecified atom stereocenters. The van der Waals surface area contributed by atoms with Crippen LogP contribution < -0.4 is 5.32 Å². The summed E-state index contributed by atoms with van der Waals surface area (Å²) in [5.74, 6) is -3.65. The van der Waals surface area contributed by atoms with E-state index >= 15 is 4.39 Å². The third kappa shape index (κ3) is 3.86. The number of nitrogens with one attached hydrogen (secondary N) is 1. The van der Waals surface area contributed by atoms with Crippen molar-refractivity contribution in [1.82, 2.24) is 29.1 Å². The van der Waals surface area contributed by atoms with E-state index in [2.05, 4.69) is 10.3 Å². The Bertz CT molecular complexity index is 1700. The molecule has 0 radical (unpaired) electrons. The first-order valence-electron chi connectivity index (χ1n) is 13.0. The molecular formula is C28H25F3N6O2. The topological polar surface area (TPSA) is 74.9 Å². The van der Waals surface area contributed by atoms with Crippen LogP contribution >= 0.6 is 0 Å². The SMILES string of the molecule is O=C1NCC(c2cnc3ccccn23)=C1c1cn2c3c(cc(F)cc13)CN(C(=O)N1CCCC(F)(F)C1)CC2. The number of alkyl halides is 2. The fourth-order valence-electron chi connectivity index (χ4n) is 6.13. The maximum absolute atomic E-state index is 15.0. The molecule has 3 amide bonds. The molecule has 4 aromatic rings. The Hall–Kier alpha value is -4.28. The van der Waals surface area contributed by atoms with Crippen LogP contribution in [0.2, 0.25) is 0 Å². The van der Waals surface area contributed by atoms with E-state index in [0.29, 0.717) is 35.2 Å². The number of amides is 3. The van der Waals surface area contributed by atoms with Gasteiger partial charge in [0.1, 0.15) is 11.5 Å². The average Bonchev–Trinajstić information content (AvgIpc) is 3.56. The number of hydrogen-bond donors (Lipinski definition) is 1. The van der Waals surface area contributed by atoms with Gasteiger partial charge in [-0.05, 0) is 36.2 Å². The molecule has 0 atom stereocenters. The molecule has 39 heavy (non-hydrogen) atoms. The summed E-state index contributed by atoms with van der Waals surface area (Å²) in [4.78, 5) is 33.5. The van der Waals surface area contributed by atoms with E-state index in [0.717, 1.165) is 22.4 Å². The summed E-state index contributed by atoms with van der Waals surface area (Å²) in [5, 5.41) is 3.48. The van der Waals surface area contributed by atoms with Gasteiger partial charge in [-0.1, -0.05) is 6.07 Å². The van der Waals surface area contributed by atoms with E-state index in [1.54, 1.807) is 6.20 Å². The molecule has 0 bridgehead atoms. The minimum Gasteiger partial charge on any atom is -0.348 e. The number of halogens is 3. The van der Waals surface area contributed by atoms with E-state index in [1.807, 2.05) is 39.6 Å². The molecule has 0 saturated carbocycles. The molecule has 200 valence electrons. The van der Waals surface area contributed by atoms with Crippen LogP contribution in [0.4, 0.5) is 18.0 Å². The number of pyridine rings is 1. The van der Waals surface area contributed by atoms with E-state index in [4.69, 9.17) is 0 Å². The van der Waals surface area contributed by atoms with E-state index in [1.165, 1.54) is 21.9 Å². The standard InChI is InChI=1S/C28H25F3N6O2/c29-18-10-17-14-35(27(39)36-6-3-5-28(30,31)16-36)9-8-34-15-21(19(11-18)25(17)34)24-20(12-33-26(24)38)22-13-32-23-4-1-2-7-37(22)23/h1-2,4,7,10-11,13,15H,3,5-6,8-9,12,14,16H2,(H,33,38). The van der Waals surface area contributed by atoms with Gasteiger partial charge in [-0.15, -0.1) is 0 Å². The average molecular weight is 535 g/mol. The zero-order chi connectivity index (χ0) is 26.9. The lowest BCUT2D eigenvalue weighted by Gasteiger charge is -2.36. The Balaban J connectivity index is 1.31. The maximum Gasteiger partial charge on any atom is 0.320 e. The third-order valence-corrected chi connectivity index (χ3v) is 7.87. The highest BCUT2D eigenvalue weighted by atomic mass is 19.3. The largest absolute Gasteiger partial charge is 0.348 e. The molecule has 3 aliphatic heterocycles. The highest BCUT2D eigenvalue weighted by molar-refractivity contribution is 6.32. The molecule has 0 aliphatic carbocycles. The highest BCUT2D eigenvalue weighted by Crippen LogP contribution is 2.38. The number of fused-ring (bicyclic) bond motifs is 1. The number of aromatic nitrogens is 3. The lowest BCUT2D eigenvalue weighted by molar-refractivity contribution is -0.114. The lowest BCUT2D eigenvalue weighted by Crippen LogP contribution is -2.51. The van der Waals surface area contributed by atoms with Gasteiger partial charge in [0, 0.05) is 68.1 Å². The second kappa shape index (κ2) is 8.62. The second-order valence-electron chi connectivity index (χ2n) is 10.4. The Morgan fingerprint density at radius 3 is 2.82 bits per heavy atom. The molecule has 7 rings (SSSR count). The van der Waals surface area contributed by atoms with Crippen LogP contribution in [0.1, 0.15) is 29.7 Å². The van der Waals surface area contributed by atoms with Gasteiger partial charge in [-0.2, -0.15) is 0 Å². The molecule has 0 spiro atoms. The summed E-state index contributed by atoms with van der Waals surface area (Å²) in [5.41, 5.74) is 4.67. The summed E-state index contributed by atoms with van der Waals surface area (Å²) in [6.07, 6.45) is 5.46. The van der Waals surface area contributed by atoms with E-state index in [9.17, 15) is 18.4 Å². The summed E-state index contributed by atoms with van der Waals surface area (Å²) in [6, 6.07) is 7.99. The van der Waals surface area contributed by atoms with Gasteiger partial charge in [-0.3, -0.25) is 9.20 Å². The summed E-state index contributed by atoms with van der Waals surface area (Å²) in [6.45, 7) is 0.719. The molecule has 1 saturated heterocycles.